The first-order chi connectivity index (χ1) is 8.72. The molecular weight excluding hydrogens is 222 g/mol. The van der Waals surface area contributed by atoms with E-state index in [0.717, 1.165) is 19.6 Å². The molecule has 0 N–H and O–H groups in total. The molecule has 1 aliphatic heterocycles. The molecule has 0 saturated carbocycles. The Morgan fingerprint density at radius 3 is 2.72 bits per heavy atom. The van der Waals surface area contributed by atoms with Gasteiger partial charge in [-0.2, -0.15) is 5.26 Å². The lowest BCUT2D eigenvalue weighted by atomic mass is 10.0. The van der Waals surface area contributed by atoms with Gasteiger partial charge in [0.15, 0.2) is 0 Å². The van der Waals surface area contributed by atoms with Gasteiger partial charge in [0.1, 0.15) is 0 Å². The van der Waals surface area contributed by atoms with E-state index in [1.807, 2.05) is 0 Å². The molecule has 0 aromatic heterocycles. The molecule has 18 heavy (non-hydrogen) atoms. The van der Waals surface area contributed by atoms with Crippen LogP contribution in [0.3, 0.4) is 0 Å². The summed E-state index contributed by atoms with van der Waals surface area (Å²) in [4.78, 5) is 4.79. The van der Waals surface area contributed by atoms with Crippen molar-refractivity contribution in [1.82, 2.24) is 9.80 Å². The van der Waals surface area contributed by atoms with Gasteiger partial charge in [0.2, 0.25) is 0 Å². The minimum absolute atomic E-state index is 0.370. The third-order valence-corrected chi connectivity index (χ3v) is 3.97. The van der Waals surface area contributed by atoms with E-state index < -0.39 is 0 Å². The smallest absolute Gasteiger partial charge is 0.0638 e. The lowest BCUT2D eigenvalue weighted by Crippen LogP contribution is -2.51. The Kier molecular flexibility index (Phi) is 4.35. The molecule has 3 heteroatoms. The van der Waals surface area contributed by atoms with E-state index in [0.29, 0.717) is 18.5 Å². The van der Waals surface area contributed by atoms with Crippen LogP contribution in [-0.2, 0) is 0 Å². The van der Waals surface area contributed by atoms with E-state index in [2.05, 4.69) is 60.2 Å². The Morgan fingerprint density at radius 1 is 1.33 bits per heavy atom. The summed E-state index contributed by atoms with van der Waals surface area (Å²) in [5, 5.41) is 8.88. The van der Waals surface area contributed by atoms with Crippen molar-refractivity contribution < 1.29 is 0 Å². The summed E-state index contributed by atoms with van der Waals surface area (Å²) < 4.78 is 0. The average molecular weight is 243 g/mol. The molecule has 1 aliphatic rings. The van der Waals surface area contributed by atoms with Crippen LogP contribution in [0.5, 0.6) is 0 Å². The molecule has 1 fully saturated rings. The van der Waals surface area contributed by atoms with Gasteiger partial charge in [-0.1, -0.05) is 30.3 Å². The molecule has 96 valence electrons. The van der Waals surface area contributed by atoms with Crippen LogP contribution in [0.1, 0.15) is 24.9 Å². The average Bonchev–Trinajstić information content (AvgIpc) is 2.42. The van der Waals surface area contributed by atoms with Crippen LogP contribution >= 0.6 is 0 Å². The van der Waals surface area contributed by atoms with Crippen molar-refractivity contribution in [3.63, 3.8) is 0 Å². The number of benzene rings is 1. The van der Waals surface area contributed by atoms with Crippen molar-refractivity contribution in [1.29, 1.82) is 5.26 Å². The van der Waals surface area contributed by atoms with E-state index >= 15 is 0 Å². The number of nitrogens with zero attached hydrogens (tertiary/aromatic N) is 3. The second-order valence-corrected chi connectivity index (χ2v) is 5.08. The molecular formula is C15H21N3. The molecule has 1 saturated heterocycles. The fourth-order valence-corrected chi connectivity index (χ4v) is 2.59. The lowest BCUT2D eigenvalue weighted by molar-refractivity contribution is 0.0712. The summed E-state index contributed by atoms with van der Waals surface area (Å²) in [5.74, 6) is 0. The SMILES string of the molecule is CC(c1ccccc1)N1CCN(C)C(CC#N)C1. The molecule has 0 spiro atoms. The zero-order chi connectivity index (χ0) is 13.0. The van der Waals surface area contributed by atoms with Crippen LogP contribution in [0.15, 0.2) is 30.3 Å². The van der Waals surface area contributed by atoms with Crippen molar-refractivity contribution in [2.75, 3.05) is 26.7 Å². The third kappa shape index (κ3) is 2.90. The van der Waals surface area contributed by atoms with Crippen LogP contribution < -0.4 is 0 Å². The Balaban J connectivity index is 2.04. The molecule has 2 atom stereocenters. The van der Waals surface area contributed by atoms with Crippen molar-refractivity contribution in [3.8, 4) is 6.07 Å². The zero-order valence-corrected chi connectivity index (χ0v) is 11.2. The van der Waals surface area contributed by atoms with Crippen LogP contribution in [0.4, 0.5) is 0 Å². The second-order valence-electron chi connectivity index (χ2n) is 5.08. The number of hydrogen-bond donors (Lipinski definition) is 0. The van der Waals surface area contributed by atoms with Crippen LogP contribution in [0.25, 0.3) is 0 Å². The molecule has 0 aliphatic carbocycles. The topological polar surface area (TPSA) is 30.3 Å². The highest BCUT2D eigenvalue weighted by molar-refractivity contribution is 5.18. The van der Waals surface area contributed by atoms with Gasteiger partial charge in [-0.05, 0) is 19.5 Å². The molecule has 0 radical (unpaired) electrons. The van der Waals surface area contributed by atoms with Gasteiger partial charge in [-0.3, -0.25) is 9.80 Å². The maximum Gasteiger partial charge on any atom is 0.0638 e. The number of likely N-dealkylation sites (N-methyl/N-ethyl adjacent to an activating group) is 1. The van der Waals surface area contributed by atoms with E-state index in [-0.39, 0.29) is 0 Å². The second kappa shape index (κ2) is 5.99. The highest BCUT2D eigenvalue weighted by Crippen LogP contribution is 2.23. The molecule has 1 aromatic rings. The summed E-state index contributed by atoms with van der Waals surface area (Å²) in [6, 6.07) is 13.7. The van der Waals surface area contributed by atoms with E-state index in [1.165, 1.54) is 5.56 Å². The number of hydrogen-bond acceptors (Lipinski definition) is 3. The summed E-state index contributed by atoms with van der Waals surface area (Å²) in [5.41, 5.74) is 1.36. The van der Waals surface area contributed by atoms with Gasteiger partial charge < -0.3 is 0 Å². The normalized spacial score (nSPS) is 23.5. The first kappa shape index (κ1) is 13.1. The molecule has 2 rings (SSSR count). The summed E-state index contributed by atoms with van der Waals surface area (Å²) in [6.07, 6.45) is 0.620. The van der Waals surface area contributed by atoms with Gasteiger partial charge in [0, 0.05) is 31.7 Å². The molecule has 3 nitrogen and oxygen atoms in total. The van der Waals surface area contributed by atoms with E-state index in [1.54, 1.807) is 0 Å². The number of nitriles is 1. The fraction of sp³-hybridized carbons (Fsp3) is 0.533. The first-order valence-electron chi connectivity index (χ1n) is 6.58. The van der Waals surface area contributed by atoms with Crippen LogP contribution in [0.2, 0.25) is 0 Å². The van der Waals surface area contributed by atoms with Gasteiger partial charge >= 0.3 is 0 Å². The maximum absolute atomic E-state index is 8.88. The Hall–Kier alpha value is -1.37. The van der Waals surface area contributed by atoms with E-state index in [9.17, 15) is 0 Å². The van der Waals surface area contributed by atoms with Gasteiger partial charge in [-0.25, -0.2) is 0 Å². The highest BCUT2D eigenvalue weighted by Gasteiger charge is 2.27. The van der Waals surface area contributed by atoms with Crippen molar-refractivity contribution in [2.24, 2.45) is 0 Å². The minimum atomic E-state index is 0.370. The third-order valence-electron chi connectivity index (χ3n) is 3.97. The Morgan fingerprint density at radius 2 is 2.06 bits per heavy atom. The van der Waals surface area contributed by atoms with Crippen molar-refractivity contribution in [3.05, 3.63) is 35.9 Å². The largest absolute Gasteiger partial charge is 0.300 e. The predicted octanol–water partition coefficient (Wildman–Crippen LogP) is 2.28. The molecule has 2 unspecified atom stereocenters. The predicted molar refractivity (Wildman–Crippen MR) is 73.1 cm³/mol. The first-order valence-corrected chi connectivity index (χ1v) is 6.58. The van der Waals surface area contributed by atoms with Gasteiger partial charge in [0.25, 0.3) is 0 Å². The van der Waals surface area contributed by atoms with E-state index in [4.69, 9.17) is 5.26 Å². The van der Waals surface area contributed by atoms with Crippen molar-refractivity contribution in [2.45, 2.75) is 25.4 Å². The molecule has 0 bridgehead atoms. The highest BCUT2D eigenvalue weighted by atomic mass is 15.3. The summed E-state index contributed by atoms with van der Waals surface area (Å²) in [6.45, 7) is 5.36. The van der Waals surface area contributed by atoms with Gasteiger partial charge in [-0.15, -0.1) is 0 Å². The summed E-state index contributed by atoms with van der Waals surface area (Å²) in [7, 11) is 2.12. The van der Waals surface area contributed by atoms with Gasteiger partial charge in [0.05, 0.1) is 12.5 Å². The number of piperazine rings is 1. The molecule has 0 amide bonds. The van der Waals surface area contributed by atoms with Crippen LogP contribution in [-0.4, -0.2) is 42.5 Å². The Bertz CT molecular complexity index is 409. The van der Waals surface area contributed by atoms with Crippen LogP contribution in [0, 0.1) is 11.3 Å². The summed E-state index contributed by atoms with van der Waals surface area (Å²) >= 11 is 0. The fourth-order valence-electron chi connectivity index (χ4n) is 2.59. The maximum atomic E-state index is 8.88. The minimum Gasteiger partial charge on any atom is -0.300 e. The van der Waals surface area contributed by atoms with Crippen molar-refractivity contribution >= 4 is 0 Å². The lowest BCUT2D eigenvalue weighted by Gasteiger charge is -2.41. The monoisotopic (exact) mass is 243 g/mol. The quantitative estimate of drug-likeness (QED) is 0.816. The molecule has 1 heterocycles. The molecule has 1 aromatic carbocycles. The zero-order valence-electron chi connectivity index (χ0n) is 11.2. The Labute approximate surface area is 110 Å². The number of rotatable bonds is 3. The standard InChI is InChI=1S/C15H21N3/c1-13(14-6-4-3-5-7-14)18-11-10-17(2)15(12-18)8-9-16/h3-7,13,15H,8,10-12H2,1-2H3.